The van der Waals surface area contributed by atoms with E-state index in [1.807, 2.05) is 0 Å². The number of anilines is 1. The summed E-state index contributed by atoms with van der Waals surface area (Å²) in [5.74, 6) is 0. The lowest BCUT2D eigenvalue weighted by molar-refractivity contribution is 0.229. The zero-order chi connectivity index (χ0) is 15.2. The van der Waals surface area contributed by atoms with Crippen LogP contribution in [0.3, 0.4) is 0 Å². The summed E-state index contributed by atoms with van der Waals surface area (Å²) in [6.45, 7) is 2.84. The summed E-state index contributed by atoms with van der Waals surface area (Å²) in [6.07, 6.45) is 5.80. The minimum absolute atomic E-state index is 0.174. The van der Waals surface area contributed by atoms with Crippen LogP contribution in [0.1, 0.15) is 23.8 Å². The number of hydrogen-bond acceptors (Lipinski definition) is 4. The van der Waals surface area contributed by atoms with Gasteiger partial charge in [-0.2, -0.15) is 0 Å². The molecule has 3 rings (SSSR count). The molecule has 0 radical (unpaired) electrons. The van der Waals surface area contributed by atoms with E-state index in [0.29, 0.717) is 6.54 Å². The molecule has 0 aliphatic carbocycles. The Morgan fingerprint density at radius 2 is 2.05 bits per heavy atom. The van der Waals surface area contributed by atoms with Gasteiger partial charge in [-0.05, 0) is 49.5 Å². The number of carbonyl (C=O) groups is 1. The van der Waals surface area contributed by atoms with Gasteiger partial charge in [0.2, 0.25) is 0 Å². The van der Waals surface area contributed by atoms with E-state index in [-0.39, 0.29) is 12.1 Å². The van der Waals surface area contributed by atoms with Crippen LogP contribution >= 0.6 is 11.3 Å². The van der Waals surface area contributed by atoms with Crippen molar-refractivity contribution in [2.45, 2.75) is 18.9 Å². The van der Waals surface area contributed by atoms with E-state index in [2.05, 4.69) is 38.0 Å². The Balaban J connectivity index is 1.58. The van der Waals surface area contributed by atoms with Gasteiger partial charge in [0, 0.05) is 29.5 Å². The highest BCUT2D eigenvalue weighted by atomic mass is 32.1. The van der Waals surface area contributed by atoms with E-state index in [9.17, 15) is 4.79 Å². The normalized spacial score (nSPS) is 16.4. The van der Waals surface area contributed by atoms with E-state index in [0.717, 1.165) is 18.8 Å². The number of amides is 2. The lowest BCUT2D eigenvalue weighted by Crippen LogP contribution is -2.38. The average Bonchev–Trinajstić information content (AvgIpc) is 3.22. The van der Waals surface area contributed by atoms with Crippen molar-refractivity contribution in [3.05, 3.63) is 46.9 Å². The Hall–Kier alpha value is -1.92. The maximum atomic E-state index is 12.0. The maximum Gasteiger partial charge on any atom is 0.319 e. The third kappa shape index (κ3) is 3.84. The van der Waals surface area contributed by atoms with Crippen LogP contribution in [0.15, 0.2) is 42.0 Å². The van der Waals surface area contributed by atoms with Crippen molar-refractivity contribution in [3.8, 4) is 0 Å². The Morgan fingerprint density at radius 1 is 1.27 bits per heavy atom. The van der Waals surface area contributed by atoms with Crippen molar-refractivity contribution >= 4 is 23.1 Å². The van der Waals surface area contributed by atoms with Crippen LogP contribution in [0, 0.1) is 0 Å². The van der Waals surface area contributed by atoms with Crippen LogP contribution in [0.2, 0.25) is 0 Å². The first-order chi connectivity index (χ1) is 10.8. The third-order valence-corrected chi connectivity index (χ3v) is 4.82. The monoisotopic (exact) mass is 316 g/mol. The van der Waals surface area contributed by atoms with Gasteiger partial charge in [0.25, 0.3) is 0 Å². The third-order valence-electron chi connectivity index (χ3n) is 3.85. The second-order valence-corrected chi connectivity index (χ2v) is 6.32. The highest BCUT2D eigenvalue weighted by Crippen LogP contribution is 2.27. The Bertz CT molecular complexity index is 581. The van der Waals surface area contributed by atoms with Crippen LogP contribution in [0.5, 0.6) is 0 Å². The lowest BCUT2D eigenvalue weighted by atomic mass is 10.2. The zero-order valence-corrected chi connectivity index (χ0v) is 13.2. The molecule has 3 heterocycles. The summed E-state index contributed by atoms with van der Waals surface area (Å²) < 4.78 is 0. The van der Waals surface area contributed by atoms with Gasteiger partial charge in [0.05, 0.1) is 6.04 Å². The minimum atomic E-state index is -0.174. The molecule has 1 aliphatic rings. The molecular weight excluding hydrogens is 296 g/mol. The molecule has 5 nitrogen and oxygen atoms in total. The number of carbonyl (C=O) groups excluding carboxylic acids is 1. The van der Waals surface area contributed by atoms with Crippen molar-refractivity contribution in [2.24, 2.45) is 0 Å². The van der Waals surface area contributed by atoms with E-state index < -0.39 is 0 Å². The number of pyridine rings is 1. The number of urea groups is 1. The highest BCUT2D eigenvalue weighted by molar-refractivity contribution is 7.10. The van der Waals surface area contributed by atoms with Crippen molar-refractivity contribution in [2.75, 3.05) is 25.0 Å². The average molecular weight is 316 g/mol. The number of nitrogens with zero attached hydrogens (tertiary/aromatic N) is 2. The number of thiophene rings is 1. The summed E-state index contributed by atoms with van der Waals surface area (Å²) in [7, 11) is 0. The molecule has 116 valence electrons. The molecule has 2 aromatic rings. The van der Waals surface area contributed by atoms with Gasteiger partial charge >= 0.3 is 6.03 Å². The minimum Gasteiger partial charge on any atom is -0.336 e. The first-order valence-corrected chi connectivity index (χ1v) is 8.43. The Labute approximate surface area is 134 Å². The smallest absolute Gasteiger partial charge is 0.319 e. The van der Waals surface area contributed by atoms with E-state index in [1.165, 1.54) is 17.7 Å². The van der Waals surface area contributed by atoms with E-state index in [1.54, 1.807) is 35.9 Å². The van der Waals surface area contributed by atoms with E-state index >= 15 is 0 Å². The fraction of sp³-hybridized carbons (Fsp3) is 0.375. The molecule has 22 heavy (non-hydrogen) atoms. The molecular formula is C16H20N4OS. The van der Waals surface area contributed by atoms with Gasteiger partial charge in [-0.25, -0.2) is 4.79 Å². The Kier molecular flexibility index (Phi) is 5.03. The fourth-order valence-electron chi connectivity index (χ4n) is 2.74. The van der Waals surface area contributed by atoms with Crippen molar-refractivity contribution in [1.29, 1.82) is 0 Å². The lowest BCUT2D eigenvalue weighted by Gasteiger charge is -2.26. The molecule has 1 atom stereocenters. The van der Waals surface area contributed by atoms with Crippen LogP contribution in [-0.4, -0.2) is 35.5 Å². The molecule has 2 N–H and O–H groups in total. The van der Waals surface area contributed by atoms with Gasteiger partial charge in [-0.3, -0.25) is 9.88 Å². The summed E-state index contributed by atoms with van der Waals surface area (Å²) in [5, 5.41) is 7.91. The summed E-state index contributed by atoms with van der Waals surface area (Å²) in [5.41, 5.74) is 0.751. The van der Waals surface area contributed by atoms with Crippen molar-refractivity contribution in [3.63, 3.8) is 0 Å². The van der Waals surface area contributed by atoms with Gasteiger partial charge in [-0.1, -0.05) is 6.07 Å². The van der Waals surface area contributed by atoms with Gasteiger partial charge in [-0.15, -0.1) is 11.3 Å². The zero-order valence-electron chi connectivity index (χ0n) is 12.4. The molecule has 1 aliphatic heterocycles. The number of nitrogens with one attached hydrogen (secondary N) is 2. The molecule has 2 amide bonds. The molecule has 0 bridgehead atoms. The molecule has 0 spiro atoms. The van der Waals surface area contributed by atoms with Gasteiger partial charge in [0.1, 0.15) is 0 Å². The molecule has 2 aromatic heterocycles. The molecule has 0 unspecified atom stereocenters. The topological polar surface area (TPSA) is 57.3 Å². The van der Waals surface area contributed by atoms with Crippen LogP contribution in [0.25, 0.3) is 0 Å². The van der Waals surface area contributed by atoms with Gasteiger partial charge < -0.3 is 10.6 Å². The molecule has 6 heteroatoms. The largest absolute Gasteiger partial charge is 0.336 e. The molecule has 0 aromatic carbocycles. The van der Waals surface area contributed by atoms with Gasteiger partial charge in [0.15, 0.2) is 0 Å². The maximum absolute atomic E-state index is 12.0. The first kappa shape index (κ1) is 15.0. The van der Waals surface area contributed by atoms with E-state index in [4.69, 9.17) is 0 Å². The second kappa shape index (κ2) is 7.38. The van der Waals surface area contributed by atoms with Crippen LogP contribution in [0.4, 0.5) is 10.5 Å². The predicted molar refractivity (Wildman–Crippen MR) is 89.1 cm³/mol. The quantitative estimate of drug-likeness (QED) is 0.891. The SMILES string of the molecule is O=C(NC[C@H](c1cccs1)N1CCCC1)Nc1ccncc1. The fourth-order valence-corrected chi connectivity index (χ4v) is 3.60. The summed E-state index contributed by atoms with van der Waals surface area (Å²) in [4.78, 5) is 19.7. The second-order valence-electron chi connectivity index (χ2n) is 5.35. The van der Waals surface area contributed by atoms with Crippen LogP contribution < -0.4 is 10.6 Å². The standard InChI is InChI=1S/C16H20N4OS/c21-16(19-13-5-7-17-8-6-13)18-12-14(15-4-3-11-22-15)20-9-1-2-10-20/h3-8,11,14H,1-2,9-10,12H2,(H2,17,18,19,21)/t14-/m1/s1. The summed E-state index contributed by atoms with van der Waals surface area (Å²) in [6, 6.07) is 7.86. The molecule has 1 fully saturated rings. The highest BCUT2D eigenvalue weighted by Gasteiger charge is 2.24. The number of likely N-dealkylation sites (tertiary alicyclic amines) is 1. The predicted octanol–water partition coefficient (Wildman–Crippen LogP) is 3.10. The number of rotatable bonds is 5. The number of hydrogen-bond donors (Lipinski definition) is 2. The van der Waals surface area contributed by atoms with Crippen molar-refractivity contribution < 1.29 is 4.79 Å². The molecule has 1 saturated heterocycles. The van der Waals surface area contributed by atoms with Crippen molar-refractivity contribution in [1.82, 2.24) is 15.2 Å². The Morgan fingerprint density at radius 3 is 2.73 bits per heavy atom. The molecule has 0 saturated carbocycles. The number of aromatic nitrogens is 1. The first-order valence-electron chi connectivity index (χ1n) is 7.55. The summed E-state index contributed by atoms with van der Waals surface area (Å²) >= 11 is 1.75. The van der Waals surface area contributed by atoms with Crippen LogP contribution in [-0.2, 0) is 0 Å².